The molecule has 4 aromatic rings. The van der Waals surface area contributed by atoms with Gasteiger partial charge in [-0.15, -0.1) is 23.3 Å². The maximum atomic E-state index is 10.5. The summed E-state index contributed by atoms with van der Waals surface area (Å²) in [6.07, 6.45) is 0. The van der Waals surface area contributed by atoms with E-state index in [2.05, 4.69) is 23.3 Å². The molecule has 0 fully saturated rings. The lowest BCUT2D eigenvalue weighted by Gasteiger charge is -1.99. The third-order valence-electron chi connectivity index (χ3n) is 4.37. The molecule has 35 heavy (non-hydrogen) atoms. The SMILES string of the molecule is CCO.O=[N+]([O-])c1ccc(-c2ccccc2)cc1.O=[N+]([O-])c1ccc(-c2ccccc2)cc1.SS. The molecule has 0 amide bonds. The van der Waals surface area contributed by atoms with E-state index in [1.165, 1.54) is 24.3 Å². The molecule has 182 valence electrons. The van der Waals surface area contributed by atoms with E-state index in [-0.39, 0.29) is 18.0 Å². The number of aliphatic hydroxyl groups excluding tert-OH is 1. The van der Waals surface area contributed by atoms with Crippen LogP contribution in [0.15, 0.2) is 109 Å². The second-order valence-corrected chi connectivity index (χ2v) is 6.66. The number of nitrogens with zero attached hydrogens (tertiary/aromatic N) is 2. The molecule has 0 atom stereocenters. The van der Waals surface area contributed by atoms with Crippen molar-refractivity contribution in [2.24, 2.45) is 0 Å². The number of non-ortho nitro benzene ring substituents is 2. The van der Waals surface area contributed by atoms with E-state index in [0.29, 0.717) is 0 Å². The van der Waals surface area contributed by atoms with Crippen molar-refractivity contribution in [2.45, 2.75) is 6.92 Å². The van der Waals surface area contributed by atoms with Gasteiger partial charge in [0, 0.05) is 30.9 Å². The van der Waals surface area contributed by atoms with E-state index < -0.39 is 9.85 Å². The van der Waals surface area contributed by atoms with Crippen LogP contribution in [0.2, 0.25) is 0 Å². The minimum atomic E-state index is -0.394. The highest BCUT2D eigenvalue weighted by Gasteiger charge is 2.05. The number of thiol groups is 2. The molecule has 0 unspecified atom stereocenters. The van der Waals surface area contributed by atoms with Crippen molar-refractivity contribution in [3.8, 4) is 22.3 Å². The number of aliphatic hydroxyl groups is 1. The van der Waals surface area contributed by atoms with Crippen LogP contribution >= 0.6 is 23.3 Å². The van der Waals surface area contributed by atoms with Crippen LogP contribution in [0.25, 0.3) is 22.3 Å². The second-order valence-electron chi connectivity index (χ2n) is 6.66. The highest BCUT2D eigenvalue weighted by molar-refractivity contribution is 8.59. The van der Waals surface area contributed by atoms with Gasteiger partial charge in [0.05, 0.1) is 9.85 Å². The van der Waals surface area contributed by atoms with Crippen molar-refractivity contribution in [1.29, 1.82) is 0 Å². The van der Waals surface area contributed by atoms with Gasteiger partial charge in [-0.05, 0) is 53.4 Å². The molecule has 0 bridgehead atoms. The van der Waals surface area contributed by atoms with Crippen molar-refractivity contribution >= 4 is 34.7 Å². The average Bonchev–Trinajstić information content (AvgIpc) is 2.92. The summed E-state index contributed by atoms with van der Waals surface area (Å²) in [7, 11) is 0. The Bertz CT molecular complexity index is 1050. The highest BCUT2D eigenvalue weighted by atomic mass is 33.1. The van der Waals surface area contributed by atoms with Crippen molar-refractivity contribution in [3.63, 3.8) is 0 Å². The molecule has 0 saturated carbocycles. The minimum Gasteiger partial charge on any atom is -0.397 e. The van der Waals surface area contributed by atoms with Gasteiger partial charge in [-0.3, -0.25) is 20.2 Å². The van der Waals surface area contributed by atoms with E-state index in [1.807, 2.05) is 60.7 Å². The zero-order valence-electron chi connectivity index (χ0n) is 19.0. The number of nitro groups is 2. The van der Waals surface area contributed by atoms with Crippen LogP contribution in [-0.4, -0.2) is 21.6 Å². The van der Waals surface area contributed by atoms with E-state index >= 15 is 0 Å². The number of rotatable bonds is 4. The van der Waals surface area contributed by atoms with Crippen LogP contribution in [0, 0.1) is 20.2 Å². The summed E-state index contributed by atoms with van der Waals surface area (Å²) >= 11 is 6.44. The van der Waals surface area contributed by atoms with Crippen molar-refractivity contribution in [2.75, 3.05) is 6.61 Å². The number of hydrogen-bond donors (Lipinski definition) is 3. The van der Waals surface area contributed by atoms with Gasteiger partial charge in [0.1, 0.15) is 0 Å². The van der Waals surface area contributed by atoms with Gasteiger partial charge >= 0.3 is 0 Å². The van der Waals surface area contributed by atoms with E-state index in [0.717, 1.165) is 22.3 Å². The Hall–Kier alpha value is -3.66. The molecule has 7 nitrogen and oxygen atoms in total. The molecule has 0 spiro atoms. The average molecular weight is 511 g/mol. The molecule has 1 N–H and O–H groups in total. The first-order valence-electron chi connectivity index (χ1n) is 10.4. The fourth-order valence-corrected chi connectivity index (χ4v) is 2.81. The quantitative estimate of drug-likeness (QED) is 0.116. The first-order valence-corrected chi connectivity index (χ1v) is 12.0. The maximum absolute atomic E-state index is 10.5. The summed E-state index contributed by atoms with van der Waals surface area (Å²) in [6.45, 7) is 1.93. The van der Waals surface area contributed by atoms with Crippen LogP contribution in [0.5, 0.6) is 0 Å². The largest absolute Gasteiger partial charge is 0.397 e. The Morgan fingerprint density at radius 1 is 0.571 bits per heavy atom. The minimum absolute atomic E-state index is 0.120. The van der Waals surface area contributed by atoms with Crippen molar-refractivity contribution in [1.82, 2.24) is 0 Å². The van der Waals surface area contributed by atoms with Gasteiger partial charge < -0.3 is 5.11 Å². The Kier molecular flexibility index (Phi) is 14.2. The normalized spacial score (nSPS) is 9.14. The van der Waals surface area contributed by atoms with Crippen LogP contribution in [0.1, 0.15) is 6.92 Å². The Balaban J connectivity index is 0.000000296. The predicted molar refractivity (Wildman–Crippen MR) is 148 cm³/mol. The molecular formula is C26H26N2O5S2. The summed E-state index contributed by atoms with van der Waals surface area (Å²) in [6, 6.07) is 32.6. The second kappa shape index (κ2) is 16.9. The molecule has 9 heteroatoms. The zero-order valence-corrected chi connectivity index (χ0v) is 20.8. The lowest BCUT2D eigenvalue weighted by Crippen LogP contribution is -1.86. The highest BCUT2D eigenvalue weighted by Crippen LogP contribution is 2.22. The third-order valence-corrected chi connectivity index (χ3v) is 4.37. The van der Waals surface area contributed by atoms with Crippen LogP contribution < -0.4 is 0 Å². The summed E-state index contributed by atoms with van der Waals surface area (Å²) in [4.78, 5) is 20.1. The Labute approximate surface area is 214 Å². The molecule has 0 saturated heterocycles. The summed E-state index contributed by atoms with van der Waals surface area (Å²) in [5, 5.41) is 28.5. The smallest absolute Gasteiger partial charge is 0.269 e. The Morgan fingerprint density at radius 2 is 0.800 bits per heavy atom. The lowest BCUT2D eigenvalue weighted by atomic mass is 10.1. The van der Waals surface area contributed by atoms with Crippen molar-refractivity contribution in [3.05, 3.63) is 129 Å². The summed E-state index contributed by atoms with van der Waals surface area (Å²) in [5.74, 6) is 0. The van der Waals surface area contributed by atoms with Crippen LogP contribution in [-0.2, 0) is 0 Å². The summed E-state index contributed by atoms with van der Waals surface area (Å²) in [5.41, 5.74) is 4.34. The molecule has 0 aliphatic rings. The first kappa shape index (κ1) is 29.4. The van der Waals surface area contributed by atoms with E-state index in [9.17, 15) is 20.2 Å². The third kappa shape index (κ3) is 10.4. The van der Waals surface area contributed by atoms with Gasteiger partial charge in [-0.1, -0.05) is 60.7 Å². The first-order chi connectivity index (χ1) is 17.0. The molecule has 0 radical (unpaired) electrons. The standard InChI is InChI=1S/2C12H9NO2.C2H6O.H2S2/c2*14-13(15)12-8-6-11(7-9-12)10-4-2-1-3-5-10;1-2-3;1-2/h2*1-9H;3H,2H2,1H3;1-2H. The molecule has 0 aromatic heterocycles. The van der Waals surface area contributed by atoms with Gasteiger partial charge in [-0.25, -0.2) is 0 Å². The molecule has 0 heterocycles. The lowest BCUT2D eigenvalue weighted by molar-refractivity contribution is -0.385. The number of benzene rings is 4. The predicted octanol–water partition coefficient (Wildman–Crippen LogP) is 7.28. The number of hydrogen-bond acceptors (Lipinski definition) is 7. The van der Waals surface area contributed by atoms with E-state index in [4.69, 9.17) is 5.11 Å². The van der Waals surface area contributed by atoms with Gasteiger partial charge in [0.2, 0.25) is 0 Å². The van der Waals surface area contributed by atoms with Gasteiger partial charge in [0.15, 0.2) is 0 Å². The monoisotopic (exact) mass is 510 g/mol. The summed E-state index contributed by atoms with van der Waals surface area (Å²) < 4.78 is 0. The maximum Gasteiger partial charge on any atom is 0.269 e. The van der Waals surface area contributed by atoms with Crippen molar-refractivity contribution < 1.29 is 15.0 Å². The molecular weight excluding hydrogens is 484 g/mol. The number of nitro benzene ring substituents is 2. The van der Waals surface area contributed by atoms with Crippen LogP contribution in [0.3, 0.4) is 0 Å². The Morgan fingerprint density at radius 3 is 1.03 bits per heavy atom. The van der Waals surface area contributed by atoms with E-state index in [1.54, 1.807) is 31.2 Å². The zero-order chi connectivity index (χ0) is 26.1. The van der Waals surface area contributed by atoms with Crippen LogP contribution in [0.4, 0.5) is 11.4 Å². The topological polar surface area (TPSA) is 107 Å². The fourth-order valence-electron chi connectivity index (χ4n) is 2.81. The molecule has 4 rings (SSSR count). The molecule has 0 aliphatic carbocycles. The molecule has 0 aliphatic heterocycles. The van der Waals surface area contributed by atoms with Gasteiger partial charge in [-0.2, -0.15) is 0 Å². The fraction of sp³-hybridized carbons (Fsp3) is 0.0769. The van der Waals surface area contributed by atoms with Gasteiger partial charge in [0.25, 0.3) is 11.4 Å². The molecule has 4 aromatic carbocycles.